The smallest absolute Gasteiger partial charge is 0.279 e. The van der Waals surface area contributed by atoms with Gasteiger partial charge in [-0.05, 0) is 43.4 Å². The average Bonchev–Trinajstić information content (AvgIpc) is 2.86. The van der Waals surface area contributed by atoms with Crippen LogP contribution in [0.2, 0.25) is 0 Å². The van der Waals surface area contributed by atoms with Crippen LogP contribution in [0.15, 0.2) is 66.1 Å². The summed E-state index contributed by atoms with van der Waals surface area (Å²) in [5, 5.41) is 32.4. The number of hydroxylamine groups is 1. The van der Waals surface area contributed by atoms with Crippen LogP contribution >= 0.6 is 0 Å². The van der Waals surface area contributed by atoms with E-state index in [1.807, 2.05) is 24.3 Å². The van der Waals surface area contributed by atoms with Crippen LogP contribution in [-0.4, -0.2) is 44.4 Å². The fourth-order valence-corrected chi connectivity index (χ4v) is 3.97. The van der Waals surface area contributed by atoms with Crippen LogP contribution in [0.25, 0.3) is 22.2 Å². The van der Waals surface area contributed by atoms with Crippen molar-refractivity contribution in [3.8, 4) is 17.0 Å². The van der Waals surface area contributed by atoms with E-state index < -0.39 is 5.91 Å². The first-order valence-electron chi connectivity index (χ1n) is 10.8. The van der Waals surface area contributed by atoms with Crippen molar-refractivity contribution in [2.24, 2.45) is 0 Å². The number of aromatic nitrogens is 2. The Kier molecular flexibility index (Phi) is 6.97. The van der Waals surface area contributed by atoms with Gasteiger partial charge in [0, 0.05) is 35.6 Å². The summed E-state index contributed by atoms with van der Waals surface area (Å²) in [5.41, 5.74) is 6.64. The van der Waals surface area contributed by atoms with Crippen molar-refractivity contribution in [2.45, 2.75) is 25.7 Å². The minimum atomic E-state index is -0.824. The maximum Gasteiger partial charge on any atom is 0.279 e. The Morgan fingerprint density at radius 2 is 1.88 bits per heavy atom. The van der Waals surface area contributed by atoms with E-state index in [1.165, 1.54) is 11.8 Å². The molecule has 0 saturated heterocycles. The molecule has 1 aromatic carbocycles. The van der Waals surface area contributed by atoms with Crippen molar-refractivity contribution in [1.29, 1.82) is 0 Å². The van der Waals surface area contributed by atoms with Gasteiger partial charge >= 0.3 is 0 Å². The van der Waals surface area contributed by atoms with E-state index in [0.717, 1.165) is 36.9 Å². The molecule has 5 N–H and O–H groups in total. The SMILES string of the molecule is O=C(NO)c1c(O)c(-c2ccc(CCC3=CC=C(NCCO)CC3)cc2)nc2ccncc12. The van der Waals surface area contributed by atoms with Gasteiger partial charge in [-0.3, -0.25) is 15.0 Å². The molecule has 0 unspecified atom stereocenters. The van der Waals surface area contributed by atoms with Crippen molar-refractivity contribution < 1.29 is 20.2 Å². The number of carbonyl (C=O) groups is 1. The third kappa shape index (κ3) is 5.02. The molecule has 4 rings (SSSR count). The van der Waals surface area contributed by atoms with E-state index in [0.29, 0.717) is 23.0 Å². The largest absolute Gasteiger partial charge is 0.505 e. The normalized spacial score (nSPS) is 13.4. The molecule has 3 aromatic rings. The van der Waals surface area contributed by atoms with E-state index in [-0.39, 0.29) is 23.6 Å². The van der Waals surface area contributed by atoms with Gasteiger partial charge in [0.2, 0.25) is 0 Å². The highest BCUT2D eigenvalue weighted by Gasteiger charge is 2.21. The molecule has 0 atom stereocenters. The number of hydrogen-bond acceptors (Lipinski definition) is 7. The van der Waals surface area contributed by atoms with Gasteiger partial charge < -0.3 is 15.5 Å². The van der Waals surface area contributed by atoms with Crippen LogP contribution in [0, 0.1) is 0 Å². The Bertz CT molecular complexity index is 1220. The van der Waals surface area contributed by atoms with Crippen LogP contribution in [0.5, 0.6) is 5.75 Å². The fraction of sp³-hybridized carbons (Fsp3) is 0.240. The lowest BCUT2D eigenvalue weighted by Gasteiger charge is -2.16. The number of aromatic hydroxyl groups is 1. The number of fused-ring (bicyclic) bond motifs is 1. The maximum absolute atomic E-state index is 12.2. The highest BCUT2D eigenvalue weighted by molar-refractivity contribution is 6.09. The molecule has 0 fully saturated rings. The molecule has 0 aliphatic heterocycles. The van der Waals surface area contributed by atoms with Gasteiger partial charge in [-0.2, -0.15) is 0 Å². The molecule has 8 heteroatoms. The summed E-state index contributed by atoms with van der Waals surface area (Å²) < 4.78 is 0. The first-order chi connectivity index (χ1) is 16.1. The number of nitrogens with one attached hydrogen (secondary N) is 2. The second kappa shape index (κ2) is 10.2. The predicted octanol–water partition coefficient (Wildman–Crippen LogP) is 3.24. The summed E-state index contributed by atoms with van der Waals surface area (Å²) >= 11 is 0. The molecule has 33 heavy (non-hydrogen) atoms. The van der Waals surface area contributed by atoms with Gasteiger partial charge in [-0.15, -0.1) is 0 Å². The number of aliphatic hydroxyl groups is 1. The predicted molar refractivity (Wildman–Crippen MR) is 125 cm³/mol. The Morgan fingerprint density at radius 1 is 1.06 bits per heavy atom. The molecule has 0 saturated carbocycles. The van der Waals surface area contributed by atoms with Gasteiger partial charge in [-0.1, -0.05) is 35.9 Å². The van der Waals surface area contributed by atoms with Gasteiger partial charge in [0.15, 0.2) is 5.75 Å². The minimum Gasteiger partial charge on any atom is -0.505 e. The number of amides is 1. The molecule has 1 amide bonds. The van der Waals surface area contributed by atoms with Gasteiger partial charge in [0.25, 0.3) is 5.91 Å². The molecule has 2 aromatic heterocycles. The topological polar surface area (TPSA) is 128 Å². The van der Waals surface area contributed by atoms with Crippen molar-refractivity contribution in [1.82, 2.24) is 20.8 Å². The molecule has 8 nitrogen and oxygen atoms in total. The Morgan fingerprint density at radius 3 is 2.58 bits per heavy atom. The third-order valence-corrected chi connectivity index (χ3v) is 5.75. The van der Waals surface area contributed by atoms with Crippen molar-refractivity contribution in [2.75, 3.05) is 13.2 Å². The van der Waals surface area contributed by atoms with E-state index in [2.05, 4.69) is 27.4 Å². The summed E-state index contributed by atoms with van der Waals surface area (Å²) in [7, 11) is 0. The second-order valence-electron chi connectivity index (χ2n) is 7.88. The van der Waals surface area contributed by atoms with Crippen molar-refractivity contribution in [3.63, 3.8) is 0 Å². The van der Waals surface area contributed by atoms with Crippen molar-refractivity contribution in [3.05, 3.63) is 77.3 Å². The number of carbonyl (C=O) groups excluding carboxylic acids is 1. The number of aliphatic hydroxyl groups excluding tert-OH is 1. The van der Waals surface area contributed by atoms with Crippen LogP contribution < -0.4 is 10.8 Å². The summed E-state index contributed by atoms with van der Waals surface area (Å²) in [4.78, 5) is 20.7. The van der Waals surface area contributed by atoms with Crippen LogP contribution in [0.1, 0.15) is 35.2 Å². The second-order valence-corrected chi connectivity index (χ2v) is 7.88. The average molecular weight is 447 g/mol. The highest BCUT2D eigenvalue weighted by atomic mass is 16.5. The standard InChI is InChI=1S/C25H26N4O4/c30-14-13-27-19-9-5-17(6-10-19)2-1-16-3-7-18(8-4-16)23-24(31)22(25(32)29-33)20-15-26-12-11-21(20)28-23/h3-5,7-9,11-12,15,27,30-31,33H,1-2,6,10,13-14H2,(H,29,32). The summed E-state index contributed by atoms with van der Waals surface area (Å²) in [6.45, 7) is 0.704. The number of benzene rings is 1. The molecule has 1 aliphatic carbocycles. The molecule has 170 valence electrons. The highest BCUT2D eigenvalue weighted by Crippen LogP contribution is 2.35. The lowest BCUT2D eigenvalue weighted by Crippen LogP contribution is -2.19. The fourth-order valence-electron chi connectivity index (χ4n) is 3.97. The zero-order valence-electron chi connectivity index (χ0n) is 18.1. The Balaban J connectivity index is 1.52. The molecule has 0 spiro atoms. The number of rotatable bonds is 8. The molecule has 2 heterocycles. The van der Waals surface area contributed by atoms with Crippen LogP contribution in [-0.2, 0) is 6.42 Å². The number of aryl methyl sites for hydroxylation is 1. The zero-order chi connectivity index (χ0) is 23.2. The summed E-state index contributed by atoms with van der Waals surface area (Å²) in [6, 6.07) is 9.38. The van der Waals surface area contributed by atoms with Crippen LogP contribution in [0.4, 0.5) is 0 Å². The van der Waals surface area contributed by atoms with E-state index in [4.69, 9.17) is 10.3 Å². The van der Waals surface area contributed by atoms with Gasteiger partial charge in [-0.25, -0.2) is 10.5 Å². The van der Waals surface area contributed by atoms with E-state index in [9.17, 15) is 9.90 Å². The number of hydrogen-bond donors (Lipinski definition) is 5. The third-order valence-electron chi connectivity index (χ3n) is 5.75. The maximum atomic E-state index is 12.2. The molecular weight excluding hydrogens is 420 g/mol. The molecule has 0 radical (unpaired) electrons. The van der Waals surface area contributed by atoms with Gasteiger partial charge in [0.05, 0.1) is 17.7 Å². The number of allylic oxidation sites excluding steroid dienone is 4. The summed E-state index contributed by atoms with van der Waals surface area (Å²) in [6.07, 6.45) is 11.0. The Labute approximate surface area is 191 Å². The first kappa shape index (κ1) is 22.4. The van der Waals surface area contributed by atoms with Gasteiger partial charge in [0.1, 0.15) is 5.69 Å². The first-order valence-corrected chi connectivity index (χ1v) is 10.8. The quantitative estimate of drug-likeness (QED) is 0.265. The monoisotopic (exact) mass is 446 g/mol. The Hall–Kier alpha value is -3.75. The summed E-state index contributed by atoms with van der Waals surface area (Å²) in [5.74, 6) is -1.13. The van der Waals surface area contributed by atoms with E-state index >= 15 is 0 Å². The lowest BCUT2D eigenvalue weighted by molar-refractivity contribution is 0.0705. The van der Waals surface area contributed by atoms with Crippen molar-refractivity contribution >= 4 is 16.8 Å². The minimum absolute atomic E-state index is 0.0696. The van der Waals surface area contributed by atoms with Crippen LogP contribution in [0.3, 0.4) is 0 Å². The zero-order valence-corrected chi connectivity index (χ0v) is 18.1. The molecule has 0 bridgehead atoms. The lowest BCUT2D eigenvalue weighted by atomic mass is 9.95. The molecular formula is C25H26N4O4. The molecule has 1 aliphatic rings. The van der Waals surface area contributed by atoms with E-state index in [1.54, 1.807) is 17.7 Å². The number of pyridine rings is 2. The number of nitrogens with zero attached hydrogens (tertiary/aromatic N) is 2.